The van der Waals surface area contributed by atoms with Crippen LogP contribution < -0.4 is 5.32 Å². The molecule has 0 bridgehead atoms. The van der Waals surface area contributed by atoms with Crippen LogP contribution in [0.2, 0.25) is 5.02 Å². The summed E-state index contributed by atoms with van der Waals surface area (Å²) in [6.07, 6.45) is 3.32. The molecule has 1 atom stereocenters. The summed E-state index contributed by atoms with van der Waals surface area (Å²) >= 11 is 5.82. The Morgan fingerprint density at radius 1 is 1.32 bits per heavy atom. The molecule has 5 heteroatoms. The lowest BCUT2D eigenvalue weighted by Crippen LogP contribution is -2.26. The minimum Gasteiger partial charge on any atom is -0.507 e. The number of benzene rings is 1. The molecule has 2 rings (SSSR count). The molecule has 1 aromatic carbocycles. The number of rotatable bonds is 3. The zero-order valence-electron chi connectivity index (χ0n) is 10.3. The van der Waals surface area contributed by atoms with E-state index in [1.807, 2.05) is 19.1 Å². The number of halogens is 1. The van der Waals surface area contributed by atoms with Gasteiger partial charge in [-0.3, -0.25) is 9.78 Å². The third-order valence-corrected chi connectivity index (χ3v) is 2.99. The third-order valence-electron chi connectivity index (χ3n) is 2.76. The fourth-order valence-electron chi connectivity index (χ4n) is 1.70. The maximum atomic E-state index is 12.1. The molecule has 1 unspecified atom stereocenters. The molecule has 98 valence electrons. The van der Waals surface area contributed by atoms with Crippen LogP contribution >= 0.6 is 11.6 Å². The van der Waals surface area contributed by atoms with Gasteiger partial charge in [0.15, 0.2) is 0 Å². The van der Waals surface area contributed by atoms with Crippen LogP contribution in [0.3, 0.4) is 0 Å². The monoisotopic (exact) mass is 276 g/mol. The highest BCUT2D eigenvalue weighted by Crippen LogP contribution is 2.22. The Morgan fingerprint density at radius 3 is 2.68 bits per heavy atom. The lowest BCUT2D eigenvalue weighted by atomic mass is 10.1. The first-order valence-corrected chi connectivity index (χ1v) is 6.15. The van der Waals surface area contributed by atoms with Gasteiger partial charge in [0.1, 0.15) is 5.75 Å². The molecule has 0 radical (unpaired) electrons. The van der Waals surface area contributed by atoms with Gasteiger partial charge in [-0.05, 0) is 42.8 Å². The average molecular weight is 277 g/mol. The minimum atomic E-state index is -0.371. The summed E-state index contributed by atoms with van der Waals surface area (Å²) in [5, 5.41) is 12.9. The van der Waals surface area contributed by atoms with Crippen LogP contribution in [0.25, 0.3) is 0 Å². The fraction of sp³-hybridized carbons (Fsp3) is 0.143. The van der Waals surface area contributed by atoms with E-state index in [0.717, 1.165) is 5.56 Å². The quantitative estimate of drug-likeness (QED) is 0.906. The molecule has 1 heterocycles. The van der Waals surface area contributed by atoms with Crippen molar-refractivity contribution >= 4 is 17.5 Å². The number of aromatic hydroxyl groups is 1. The highest BCUT2D eigenvalue weighted by molar-refractivity contribution is 6.31. The summed E-state index contributed by atoms with van der Waals surface area (Å²) in [6.45, 7) is 1.86. The Bertz CT molecular complexity index is 587. The number of amides is 1. The number of carbonyl (C=O) groups excluding carboxylic acids is 1. The highest BCUT2D eigenvalue weighted by Gasteiger charge is 2.15. The van der Waals surface area contributed by atoms with E-state index in [2.05, 4.69) is 10.3 Å². The van der Waals surface area contributed by atoms with E-state index in [1.54, 1.807) is 12.4 Å². The Morgan fingerprint density at radius 2 is 2.00 bits per heavy atom. The van der Waals surface area contributed by atoms with Gasteiger partial charge < -0.3 is 10.4 Å². The van der Waals surface area contributed by atoms with E-state index in [0.29, 0.717) is 5.02 Å². The van der Waals surface area contributed by atoms with Crippen molar-refractivity contribution in [3.8, 4) is 5.75 Å². The van der Waals surface area contributed by atoms with Gasteiger partial charge in [-0.25, -0.2) is 0 Å². The lowest BCUT2D eigenvalue weighted by Gasteiger charge is -2.14. The summed E-state index contributed by atoms with van der Waals surface area (Å²) in [4.78, 5) is 16.0. The van der Waals surface area contributed by atoms with E-state index < -0.39 is 0 Å². The van der Waals surface area contributed by atoms with Crippen molar-refractivity contribution in [2.45, 2.75) is 13.0 Å². The van der Waals surface area contributed by atoms with Gasteiger partial charge >= 0.3 is 0 Å². The van der Waals surface area contributed by atoms with Gasteiger partial charge in [0, 0.05) is 17.4 Å². The zero-order chi connectivity index (χ0) is 13.8. The molecule has 0 saturated carbocycles. The number of nitrogens with one attached hydrogen (secondary N) is 1. The Labute approximate surface area is 116 Å². The van der Waals surface area contributed by atoms with Crippen molar-refractivity contribution < 1.29 is 9.90 Å². The summed E-state index contributed by atoms with van der Waals surface area (Å²) in [6, 6.07) is 7.82. The molecule has 0 aliphatic rings. The normalized spacial score (nSPS) is 11.9. The summed E-state index contributed by atoms with van der Waals surface area (Å²) in [5.74, 6) is -0.465. The topological polar surface area (TPSA) is 62.2 Å². The molecular weight excluding hydrogens is 264 g/mol. The predicted molar refractivity (Wildman–Crippen MR) is 73.2 cm³/mol. The Kier molecular flexibility index (Phi) is 4.02. The van der Waals surface area contributed by atoms with E-state index in [1.165, 1.54) is 18.2 Å². The molecule has 1 aromatic heterocycles. The Hall–Kier alpha value is -2.07. The van der Waals surface area contributed by atoms with Crippen LogP contribution in [-0.2, 0) is 0 Å². The van der Waals surface area contributed by atoms with Gasteiger partial charge in [-0.2, -0.15) is 0 Å². The fourth-order valence-corrected chi connectivity index (χ4v) is 1.87. The van der Waals surface area contributed by atoms with Gasteiger partial charge in [-0.15, -0.1) is 0 Å². The predicted octanol–water partition coefficient (Wildman–Crippen LogP) is 2.93. The first kappa shape index (κ1) is 13.4. The SMILES string of the molecule is CC(NC(=O)c1cc(Cl)ccc1O)c1ccncc1. The van der Waals surface area contributed by atoms with Crippen molar-refractivity contribution in [2.24, 2.45) is 0 Å². The molecule has 4 nitrogen and oxygen atoms in total. The number of carbonyl (C=O) groups is 1. The second-order valence-electron chi connectivity index (χ2n) is 4.14. The molecule has 0 spiro atoms. The molecule has 2 N–H and O–H groups in total. The Balaban J connectivity index is 2.15. The number of nitrogens with zero attached hydrogens (tertiary/aromatic N) is 1. The number of phenolic OH excluding ortho intramolecular Hbond substituents is 1. The first-order chi connectivity index (χ1) is 9.08. The van der Waals surface area contributed by atoms with Crippen molar-refractivity contribution in [1.82, 2.24) is 10.3 Å². The van der Waals surface area contributed by atoms with E-state index in [4.69, 9.17) is 11.6 Å². The zero-order valence-corrected chi connectivity index (χ0v) is 11.1. The molecule has 19 heavy (non-hydrogen) atoms. The van der Waals surface area contributed by atoms with Crippen LogP contribution in [-0.4, -0.2) is 16.0 Å². The number of hydrogen-bond donors (Lipinski definition) is 2. The summed E-state index contributed by atoms with van der Waals surface area (Å²) in [5.41, 5.74) is 1.10. The molecule has 1 amide bonds. The second kappa shape index (κ2) is 5.71. The molecule has 0 fully saturated rings. The van der Waals surface area contributed by atoms with Gasteiger partial charge in [0.05, 0.1) is 11.6 Å². The van der Waals surface area contributed by atoms with Crippen LogP contribution in [0.4, 0.5) is 0 Å². The third kappa shape index (κ3) is 3.23. The van der Waals surface area contributed by atoms with Crippen molar-refractivity contribution in [1.29, 1.82) is 0 Å². The first-order valence-electron chi connectivity index (χ1n) is 5.77. The van der Waals surface area contributed by atoms with E-state index in [9.17, 15) is 9.90 Å². The van der Waals surface area contributed by atoms with Crippen LogP contribution in [0.15, 0.2) is 42.7 Å². The standard InChI is InChI=1S/C14H13ClN2O2/c1-9(10-4-6-16-7-5-10)17-14(19)12-8-11(15)2-3-13(12)18/h2-9,18H,1H3,(H,17,19). The van der Waals surface area contributed by atoms with Gasteiger partial charge in [-0.1, -0.05) is 11.6 Å². The van der Waals surface area contributed by atoms with Crippen LogP contribution in [0, 0.1) is 0 Å². The number of hydrogen-bond acceptors (Lipinski definition) is 3. The lowest BCUT2D eigenvalue weighted by molar-refractivity contribution is 0.0937. The minimum absolute atomic E-state index is 0.0937. The molecule has 0 saturated heterocycles. The summed E-state index contributed by atoms with van der Waals surface area (Å²) < 4.78 is 0. The summed E-state index contributed by atoms with van der Waals surface area (Å²) in [7, 11) is 0. The number of pyridine rings is 1. The van der Waals surface area contributed by atoms with E-state index in [-0.39, 0.29) is 23.3 Å². The van der Waals surface area contributed by atoms with Crippen molar-refractivity contribution in [3.05, 3.63) is 58.9 Å². The van der Waals surface area contributed by atoms with Gasteiger partial charge in [0.2, 0.25) is 0 Å². The van der Waals surface area contributed by atoms with Crippen LogP contribution in [0.5, 0.6) is 5.75 Å². The largest absolute Gasteiger partial charge is 0.507 e. The van der Waals surface area contributed by atoms with E-state index >= 15 is 0 Å². The van der Waals surface area contributed by atoms with Crippen molar-refractivity contribution in [2.75, 3.05) is 0 Å². The maximum Gasteiger partial charge on any atom is 0.255 e. The number of aromatic nitrogens is 1. The van der Waals surface area contributed by atoms with Crippen LogP contribution in [0.1, 0.15) is 28.9 Å². The smallest absolute Gasteiger partial charge is 0.255 e. The molecular formula is C14H13ClN2O2. The van der Waals surface area contributed by atoms with Crippen molar-refractivity contribution in [3.63, 3.8) is 0 Å². The average Bonchev–Trinajstić information content (AvgIpc) is 2.42. The highest BCUT2D eigenvalue weighted by atomic mass is 35.5. The molecule has 0 aliphatic heterocycles. The number of phenols is 1. The molecule has 0 aliphatic carbocycles. The maximum absolute atomic E-state index is 12.1. The van der Waals surface area contributed by atoms with Gasteiger partial charge in [0.25, 0.3) is 5.91 Å². The second-order valence-corrected chi connectivity index (χ2v) is 4.57. The molecule has 2 aromatic rings.